The van der Waals surface area contributed by atoms with Crippen molar-refractivity contribution < 1.29 is 19.1 Å². The van der Waals surface area contributed by atoms with Crippen molar-refractivity contribution in [1.82, 2.24) is 15.1 Å². The molecule has 3 rings (SSSR count). The van der Waals surface area contributed by atoms with Gasteiger partial charge in [0.2, 0.25) is 0 Å². The van der Waals surface area contributed by atoms with Crippen LogP contribution in [0.5, 0.6) is 0 Å². The van der Waals surface area contributed by atoms with Crippen LogP contribution in [0.3, 0.4) is 0 Å². The molecule has 0 saturated carbocycles. The Morgan fingerprint density at radius 1 is 1.27 bits per heavy atom. The van der Waals surface area contributed by atoms with Crippen molar-refractivity contribution in [2.75, 3.05) is 26.4 Å². The molecule has 162 valence electrons. The summed E-state index contributed by atoms with van der Waals surface area (Å²) in [6.07, 6.45) is 3.72. The van der Waals surface area contributed by atoms with Crippen LogP contribution in [0.1, 0.15) is 63.9 Å². The first kappa shape index (κ1) is 22.0. The van der Waals surface area contributed by atoms with E-state index in [1.165, 1.54) is 0 Å². The topological polar surface area (TPSA) is 82.5 Å². The highest BCUT2D eigenvalue weighted by Crippen LogP contribution is 2.19. The molecule has 0 bridgehead atoms. The van der Waals surface area contributed by atoms with Crippen LogP contribution in [0.4, 0.5) is 0 Å². The van der Waals surface area contributed by atoms with Crippen LogP contribution in [0.2, 0.25) is 0 Å². The number of aromatic nitrogens is 2. The molecule has 2 heterocycles. The van der Waals surface area contributed by atoms with Crippen LogP contribution in [0.25, 0.3) is 0 Å². The van der Waals surface area contributed by atoms with Crippen LogP contribution in [-0.2, 0) is 28.9 Å². The second-order valence-electron chi connectivity index (χ2n) is 7.47. The monoisotopic (exact) mass is 413 g/mol. The Bertz CT molecular complexity index is 875. The highest BCUT2D eigenvalue weighted by atomic mass is 16.5. The molecule has 2 aromatic rings. The van der Waals surface area contributed by atoms with Gasteiger partial charge in [-0.2, -0.15) is 5.10 Å². The molecule has 7 nitrogen and oxygen atoms in total. The SMILES string of the molecule is CCc1nn(CCCOC(=O)c2ccccc2C)c2c1C(=O)NCCCOCCC2. The Hall–Kier alpha value is -2.67. The Morgan fingerprint density at radius 2 is 2.07 bits per heavy atom. The maximum absolute atomic E-state index is 12.8. The summed E-state index contributed by atoms with van der Waals surface area (Å²) in [5.41, 5.74) is 3.96. The fourth-order valence-corrected chi connectivity index (χ4v) is 3.67. The van der Waals surface area contributed by atoms with E-state index in [9.17, 15) is 9.59 Å². The third kappa shape index (κ3) is 5.48. The fourth-order valence-electron chi connectivity index (χ4n) is 3.67. The number of carbonyl (C=O) groups is 2. The van der Waals surface area contributed by atoms with Crippen molar-refractivity contribution in [3.05, 3.63) is 52.3 Å². The minimum atomic E-state index is -0.307. The lowest BCUT2D eigenvalue weighted by Crippen LogP contribution is -2.26. The normalized spacial score (nSPS) is 15.1. The predicted molar refractivity (Wildman–Crippen MR) is 114 cm³/mol. The van der Waals surface area contributed by atoms with Crippen LogP contribution >= 0.6 is 0 Å². The van der Waals surface area contributed by atoms with Gasteiger partial charge in [0.05, 0.1) is 29.1 Å². The standard InChI is InChI=1S/C23H31N3O4/c1-3-19-21-20(11-6-14-29-15-7-12-24-22(21)27)26(25-19)13-8-16-30-23(28)18-10-5-4-9-17(18)2/h4-5,9-10H,3,6-8,11-16H2,1-2H3,(H,24,27). The number of nitrogens with one attached hydrogen (secondary N) is 1. The van der Waals surface area contributed by atoms with E-state index in [1.54, 1.807) is 6.07 Å². The molecule has 7 heteroatoms. The molecule has 1 aliphatic rings. The van der Waals surface area contributed by atoms with Gasteiger partial charge in [0.1, 0.15) is 0 Å². The summed E-state index contributed by atoms with van der Waals surface area (Å²) in [6, 6.07) is 7.40. The Morgan fingerprint density at radius 3 is 2.87 bits per heavy atom. The van der Waals surface area contributed by atoms with Gasteiger partial charge in [-0.25, -0.2) is 4.79 Å². The van der Waals surface area contributed by atoms with Crippen molar-refractivity contribution in [2.24, 2.45) is 0 Å². The highest BCUT2D eigenvalue weighted by molar-refractivity contribution is 5.96. The smallest absolute Gasteiger partial charge is 0.338 e. The quantitative estimate of drug-likeness (QED) is 0.581. The minimum absolute atomic E-state index is 0.0546. The van der Waals surface area contributed by atoms with Gasteiger partial charge in [-0.15, -0.1) is 0 Å². The fraction of sp³-hybridized carbons (Fsp3) is 0.522. The average Bonchev–Trinajstić information content (AvgIpc) is 3.08. The molecule has 0 atom stereocenters. The third-order valence-electron chi connectivity index (χ3n) is 5.26. The maximum atomic E-state index is 12.8. The lowest BCUT2D eigenvalue weighted by atomic mass is 10.1. The van der Waals surface area contributed by atoms with Gasteiger partial charge in [-0.1, -0.05) is 25.1 Å². The summed E-state index contributed by atoms with van der Waals surface area (Å²) in [5, 5.41) is 7.68. The van der Waals surface area contributed by atoms with E-state index in [0.717, 1.165) is 36.2 Å². The number of ether oxygens (including phenoxy) is 2. The van der Waals surface area contributed by atoms with E-state index in [4.69, 9.17) is 14.6 Å². The summed E-state index contributed by atoms with van der Waals surface area (Å²) in [4.78, 5) is 25.0. The van der Waals surface area contributed by atoms with E-state index < -0.39 is 0 Å². The van der Waals surface area contributed by atoms with Gasteiger partial charge in [0, 0.05) is 32.7 Å². The summed E-state index contributed by atoms with van der Waals surface area (Å²) < 4.78 is 13.0. The second kappa shape index (κ2) is 10.9. The summed E-state index contributed by atoms with van der Waals surface area (Å²) in [5.74, 6) is -0.361. The predicted octanol–water partition coefficient (Wildman–Crippen LogP) is 3.08. The van der Waals surface area contributed by atoms with Gasteiger partial charge in [-0.3, -0.25) is 9.48 Å². The van der Waals surface area contributed by atoms with Crippen molar-refractivity contribution in [1.29, 1.82) is 0 Å². The Kier molecular flexibility index (Phi) is 8.02. The number of nitrogens with zero attached hydrogens (tertiary/aromatic N) is 2. The van der Waals surface area contributed by atoms with Gasteiger partial charge in [0.15, 0.2) is 0 Å². The Labute approximate surface area is 177 Å². The number of hydrogen-bond donors (Lipinski definition) is 1. The first-order chi connectivity index (χ1) is 14.6. The van der Waals surface area contributed by atoms with Crippen LogP contribution in [0.15, 0.2) is 24.3 Å². The van der Waals surface area contributed by atoms with E-state index in [0.29, 0.717) is 56.9 Å². The van der Waals surface area contributed by atoms with E-state index >= 15 is 0 Å². The summed E-state index contributed by atoms with van der Waals surface area (Å²) >= 11 is 0. The molecule has 0 saturated heterocycles. The van der Waals surface area contributed by atoms with Crippen molar-refractivity contribution in [2.45, 2.75) is 52.5 Å². The number of hydrogen-bond acceptors (Lipinski definition) is 5. The average molecular weight is 414 g/mol. The summed E-state index contributed by atoms with van der Waals surface area (Å²) in [6.45, 7) is 6.74. The van der Waals surface area contributed by atoms with Gasteiger partial charge in [0.25, 0.3) is 5.91 Å². The second-order valence-corrected chi connectivity index (χ2v) is 7.47. The molecule has 1 N–H and O–H groups in total. The third-order valence-corrected chi connectivity index (χ3v) is 5.26. The zero-order valence-corrected chi connectivity index (χ0v) is 17.9. The number of carbonyl (C=O) groups excluding carboxylic acids is 2. The van der Waals surface area contributed by atoms with Gasteiger partial charge < -0.3 is 14.8 Å². The van der Waals surface area contributed by atoms with Crippen LogP contribution < -0.4 is 5.32 Å². The van der Waals surface area contributed by atoms with E-state index in [1.807, 2.05) is 36.7 Å². The molecule has 0 radical (unpaired) electrons. The molecular weight excluding hydrogens is 382 g/mol. The number of fused-ring (bicyclic) bond motifs is 1. The number of aryl methyl sites for hydroxylation is 3. The van der Waals surface area contributed by atoms with Gasteiger partial charge >= 0.3 is 5.97 Å². The van der Waals surface area contributed by atoms with Crippen LogP contribution in [-0.4, -0.2) is 48.0 Å². The first-order valence-electron chi connectivity index (χ1n) is 10.8. The number of esters is 1. The number of amides is 1. The lowest BCUT2D eigenvalue weighted by molar-refractivity contribution is 0.0493. The molecule has 1 aromatic carbocycles. The first-order valence-corrected chi connectivity index (χ1v) is 10.8. The van der Waals surface area contributed by atoms with Gasteiger partial charge in [-0.05, 0) is 44.2 Å². The number of benzene rings is 1. The molecule has 1 aromatic heterocycles. The minimum Gasteiger partial charge on any atom is -0.462 e. The molecule has 1 amide bonds. The molecule has 30 heavy (non-hydrogen) atoms. The molecule has 0 fully saturated rings. The highest BCUT2D eigenvalue weighted by Gasteiger charge is 2.22. The molecule has 1 aliphatic heterocycles. The molecule has 0 spiro atoms. The molecule has 0 aliphatic carbocycles. The lowest BCUT2D eigenvalue weighted by Gasteiger charge is -2.10. The zero-order chi connectivity index (χ0) is 21.3. The summed E-state index contributed by atoms with van der Waals surface area (Å²) in [7, 11) is 0. The van der Waals surface area contributed by atoms with Crippen molar-refractivity contribution >= 4 is 11.9 Å². The van der Waals surface area contributed by atoms with E-state index in [2.05, 4.69) is 5.32 Å². The zero-order valence-electron chi connectivity index (χ0n) is 17.9. The Balaban J connectivity index is 1.66. The van der Waals surface area contributed by atoms with Crippen molar-refractivity contribution in [3.8, 4) is 0 Å². The molecular formula is C23H31N3O4. The maximum Gasteiger partial charge on any atom is 0.338 e. The van der Waals surface area contributed by atoms with E-state index in [-0.39, 0.29) is 11.9 Å². The number of rotatable bonds is 6. The largest absolute Gasteiger partial charge is 0.462 e. The van der Waals surface area contributed by atoms with Crippen molar-refractivity contribution in [3.63, 3.8) is 0 Å². The molecule has 0 unspecified atom stereocenters. The van der Waals surface area contributed by atoms with Crippen LogP contribution in [0, 0.1) is 6.92 Å².